The molecule has 0 atom stereocenters. The standard InChI is InChI=1S/C18H18FNO2/c19-17-4-2-1-3-16(17)18(21)15-7-5-14(6-8-15)13-20-9-11-22-12-10-20/h1-8H,9-13H2. The van der Waals surface area contributed by atoms with Crippen LogP contribution in [0.25, 0.3) is 0 Å². The Morgan fingerprint density at radius 2 is 1.73 bits per heavy atom. The number of ketones is 1. The highest BCUT2D eigenvalue weighted by molar-refractivity contribution is 6.09. The number of nitrogens with zero attached hydrogens (tertiary/aromatic N) is 1. The number of halogens is 1. The van der Waals surface area contributed by atoms with Crippen LogP contribution >= 0.6 is 0 Å². The third-order valence-electron chi connectivity index (χ3n) is 3.84. The summed E-state index contributed by atoms with van der Waals surface area (Å²) in [6.07, 6.45) is 0. The van der Waals surface area contributed by atoms with Crippen LogP contribution < -0.4 is 0 Å². The van der Waals surface area contributed by atoms with E-state index in [1.54, 1.807) is 24.3 Å². The second-order valence-electron chi connectivity index (χ2n) is 5.39. The second-order valence-corrected chi connectivity index (χ2v) is 5.39. The van der Waals surface area contributed by atoms with Gasteiger partial charge < -0.3 is 4.74 Å². The number of carbonyl (C=O) groups is 1. The second kappa shape index (κ2) is 6.81. The van der Waals surface area contributed by atoms with Gasteiger partial charge in [0.2, 0.25) is 0 Å². The van der Waals surface area contributed by atoms with Crippen LogP contribution in [0.4, 0.5) is 4.39 Å². The quantitative estimate of drug-likeness (QED) is 0.813. The summed E-state index contributed by atoms with van der Waals surface area (Å²) in [5, 5.41) is 0. The van der Waals surface area contributed by atoms with Crippen LogP contribution in [0.5, 0.6) is 0 Å². The van der Waals surface area contributed by atoms with Crippen LogP contribution in [0.15, 0.2) is 48.5 Å². The van der Waals surface area contributed by atoms with Gasteiger partial charge in [0.1, 0.15) is 5.82 Å². The molecule has 2 aromatic rings. The lowest BCUT2D eigenvalue weighted by Gasteiger charge is -2.26. The zero-order valence-corrected chi connectivity index (χ0v) is 12.3. The molecule has 1 aliphatic heterocycles. The molecule has 3 nitrogen and oxygen atoms in total. The van der Waals surface area contributed by atoms with Gasteiger partial charge in [-0.15, -0.1) is 0 Å². The lowest BCUT2D eigenvalue weighted by atomic mass is 10.0. The Morgan fingerprint density at radius 1 is 1.05 bits per heavy atom. The van der Waals surface area contributed by atoms with E-state index in [9.17, 15) is 9.18 Å². The van der Waals surface area contributed by atoms with E-state index < -0.39 is 5.82 Å². The maximum Gasteiger partial charge on any atom is 0.195 e. The first-order chi connectivity index (χ1) is 10.7. The Kier molecular flexibility index (Phi) is 4.61. The van der Waals surface area contributed by atoms with E-state index in [2.05, 4.69) is 4.90 Å². The van der Waals surface area contributed by atoms with Crippen LogP contribution in [-0.4, -0.2) is 37.0 Å². The Labute approximate surface area is 129 Å². The first-order valence-corrected chi connectivity index (χ1v) is 7.42. The van der Waals surface area contributed by atoms with Crippen molar-refractivity contribution in [2.75, 3.05) is 26.3 Å². The van der Waals surface area contributed by atoms with E-state index in [0.717, 1.165) is 38.4 Å². The molecule has 1 fully saturated rings. The molecule has 0 saturated carbocycles. The molecule has 4 heteroatoms. The minimum absolute atomic E-state index is 0.114. The minimum atomic E-state index is -0.482. The normalized spacial score (nSPS) is 15.7. The average Bonchev–Trinajstić information content (AvgIpc) is 2.56. The predicted molar refractivity (Wildman–Crippen MR) is 82.4 cm³/mol. The van der Waals surface area contributed by atoms with E-state index in [1.165, 1.54) is 12.1 Å². The van der Waals surface area contributed by atoms with Crippen LogP contribution in [0.3, 0.4) is 0 Å². The smallest absolute Gasteiger partial charge is 0.195 e. The SMILES string of the molecule is O=C(c1ccc(CN2CCOCC2)cc1)c1ccccc1F. The van der Waals surface area contributed by atoms with Crippen LogP contribution in [0.2, 0.25) is 0 Å². The Balaban J connectivity index is 1.71. The maximum absolute atomic E-state index is 13.7. The highest BCUT2D eigenvalue weighted by Crippen LogP contribution is 2.15. The fourth-order valence-corrected chi connectivity index (χ4v) is 2.58. The number of rotatable bonds is 4. The summed E-state index contributed by atoms with van der Waals surface area (Å²) < 4.78 is 19.0. The molecule has 22 heavy (non-hydrogen) atoms. The van der Waals surface area contributed by atoms with E-state index in [1.807, 2.05) is 12.1 Å². The average molecular weight is 299 g/mol. The summed E-state index contributed by atoms with van der Waals surface area (Å²) in [4.78, 5) is 14.6. The summed E-state index contributed by atoms with van der Waals surface area (Å²) in [6.45, 7) is 4.23. The molecule has 114 valence electrons. The number of carbonyl (C=O) groups excluding carboxylic acids is 1. The lowest BCUT2D eigenvalue weighted by molar-refractivity contribution is 0.0342. The first kappa shape index (κ1) is 14.9. The van der Waals surface area contributed by atoms with Crippen molar-refractivity contribution in [3.63, 3.8) is 0 Å². The fraction of sp³-hybridized carbons (Fsp3) is 0.278. The summed E-state index contributed by atoms with van der Waals surface area (Å²) >= 11 is 0. The monoisotopic (exact) mass is 299 g/mol. The number of hydrogen-bond donors (Lipinski definition) is 0. The molecule has 0 spiro atoms. The number of ether oxygens (including phenoxy) is 1. The molecule has 0 radical (unpaired) electrons. The topological polar surface area (TPSA) is 29.5 Å². The van der Waals surface area contributed by atoms with Crippen molar-refractivity contribution in [2.24, 2.45) is 0 Å². The molecular formula is C18H18FNO2. The Morgan fingerprint density at radius 3 is 2.41 bits per heavy atom. The van der Waals surface area contributed by atoms with Gasteiger partial charge in [-0.1, -0.05) is 36.4 Å². The number of morpholine rings is 1. The molecule has 1 aliphatic rings. The molecule has 0 aliphatic carbocycles. The summed E-state index contributed by atoms with van der Waals surface area (Å²) in [5.41, 5.74) is 1.77. The van der Waals surface area contributed by atoms with Gasteiger partial charge in [-0.2, -0.15) is 0 Å². The van der Waals surface area contributed by atoms with E-state index in [0.29, 0.717) is 5.56 Å². The third kappa shape index (κ3) is 3.40. The number of hydrogen-bond acceptors (Lipinski definition) is 3. The van der Waals surface area contributed by atoms with Gasteiger partial charge in [-0.05, 0) is 17.7 Å². The summed E-state index contributed by atoms with van der Waals surface area (Å²) in [7, 11) is 0. The molecular weight excluding hydrogens is 281 g/mol. The number of benzene rings is 2. The zero-order chi connectivity index (χ0) is 15.4. The Bertz CT molecular complexity index is 648. The van der Waals surface area contributed by atoms with Gasteiger partial charge >= 0.3 is 0 Å². The molecule has 0 bridgehead atoms. The third-order valence-corrected chi connectivity index (χ3v) is 3.84. The van der Waals surface area contributed by atoms with Crippen molar-refractivity contribution >= 4 is 5.78 Å². The lowest BCUT2D eigenvalue weighted by Crippen LogP contribution is -2.35. The summed E-state index contributed by atoms with van der Waals surface area (Å²) in [5.74, 6) is -0.763. The zero-order valence-electron chi connectivity index (χ0n) is 12.3. The van der Waals surface area contributed by atoms with E-state index >= 15 is 0 Å². The van der Waals surface area contributed by atoms with Gasteiger partial charge in [0.25, 0.3) is 0 Å². The van der Waals surface area contributed by atoms with E-state index in [4.69, 9.17) is 4.74 Å². The molecule has 0 amide bonds. The van der Waals surface area contributed by atoms with Crippen LogP contribution in [0, 0.1) is 5.82 Å². The summed E-state index contributed by atoms with van der Waals surface area (Å²) in [6, 6.07) is 13.5. The molecule has 2 aromatic carbocycles. The molecule has 1 saturated heterocycles. The van der Waals surface area contributed by atoms with Crippen LogP contribution in [0.1, 0.15) is 21.5 Å². The van der Waals surface area contributed by atoms with Crippen molar-refractivity contribution in [2.45, 2.75) is 6.54 Å². The molecule has 0 N–H and O–H groups in total. The highest BCUT2D eigenvalue weighted by atomic mass is 19.1. The van der Waals surface area contributed by atoms with Crippen molar-refractivity contribution in [3.05, 3.63) is 71.0 Å². The fourth-order valence-electron chi connectivity index (χ4n) is 2.58. The van der Waals surface area contributed by atoms with Gasteiger partial charge in [-0.3, -0.25) is 9.69 Å². The highest BCUT2D eigenvalue weighted by Gasteiger charge is 2.14. The van der Waals surface area contributed by atoms with Gasteiger partial charge in [0.15, 0.2) is 5.78 Å². The molecule has 1 heterocycles. The van der Waals surface area contributed by atoms with Crippen molar-refractivity contribution < 1.29 is 13.9 Å². The predicted octanol–water partition coefficient (Wildman–Crippen LogP) is 2.89. The van der Waals surface area contributed by atoms with Gasteiger partial charge in [0, 0.05) is 25.2 Å². The van der Waals surface area contributed by atoms with E-state index in [-0.39, 0.29) is 11.3 Å². The van der Waals surface area contributed by atoms with Gasteiger partial charge in [0.05, 0.1) is 18.8 Å². The molecule has 0 unspecified atom stereocenters. The van der Waals surface area contributed by atoms with Crippen molar-refractivity contribution in [1.29, 1.82) is 0 Å². The maximum atomic E-state index is 13.7. The van der Waals surface area contributed by atoms with Crippen molar-refractivity contribution in [3.8, 4) is 0 Å². The Hall–Kier alpha value is -2.04. The molecule has 3 rings (SSSR count). The first-order valence-electron chi connectivity index (χ1n) is 7.42. The minimum Gasteiger partial charge on any atom is -0.379 e. The molecule has 0 aromatic heterocycles. The van der Waals surface area contributed by atoms with Crippen molar-refractivity contribution in [1.82, 2.24) is 4.90 Å². The largest absolute Gasteiger partial charge is 0.379 e. The van der Waals surface area contributed by atoms with Crippen LogP contribution in [-0.2, 0) is 11.3 Å². The van der Waals surface area contributed by atoms with Gasteiger partial charge in [-0.25, -0.2) is 4.39 Å².